The summed E-state index contributed by atoms with van der Waals surface area (Å²) in [7, 11) is -3.71. The summed E-state index contributed by atoms with van der Waals surface area (Å²) in [6, 6.07) is 19.9. The Morgan fingerprint density at radius 2 is 1.76 bits per heavy atom. The molecule has 1 amide bonds. The van der Waals surface area contributed by atoms with Crippen LogP contribution >= 0.6 is 0 Å². The third kappa shape index (κ3) is 4.33. The molecule has 0 aliphatic carbocycles. The minimum Gasteiger partial charge on any atom is -0.379 e. The molecule has 0 spiro atoms. The molecule has 2 N–H and O–H groups in total. The first-order valence-corrected chi connectivity index (χ1v) is 12.4. The Morgan fingerprint density at radius 1 is 1.03 bits per heavy atom. The number of aryl methyl sites for hydroxylation is 1. The Kier molecular flexibility index (Phi) is 5.91. The molecule has 1 aliphatic heterocycles. The molecule has 2 heterocycles. The highest BCUT2D eigenvalue weighted by atomic mass is 32.2. The predicted octanol–water partition coefficient (Wildman–Crippen LogP) is 3.81. The van der Waals surface area contributed by atoms with Crippen molar-refractivity contribution in [2.24, 2.45) is 0 Å². The normalized spacial score (nSPS) is 14.9. The van der Waals surface area contributed by atoms with Gasteiger partial charge in [0.1, 0.15) is 5.82 Å². The molecule has 5 rings (SSSR count). The van der Waals surface area contributed by atoms with Crippen LogP contribution in [-0.2, 0) is 14.8 Å². The van der Waals surface area contributed by atoms with Crippen molar-refractivity contribution < 1.29 is 17.9 Å². The van der Waals surface area contributed by atoms with Gasteiger partial charge in [-0.2, -0.15) is 4.31 Å². The molecule has 1 saturated heterocycles. The number of carbonyl (C=O) groups excluding carboxylic acids is 1. The molecule has 0 atom stereocenters. The smallest absolute Gasteiger partial charge is 0.255 e. The molecule has 9 heteroatoms. The molecule has 1 aromatic heterocycles. The van der Waals surface area contributed by atoms with Gasteiger partial charge in [0.15, 0.2) is 0 Å². The summed E-state index contributed by atoms with van der Waals surface area (Å²) in [6.07, 6.45) is 0. The van der Waals surface area contributed by atoms with Gasteiger partial charge < -0.3 is 15.0 Å². The highest BCUT2D eigenvalue weighted by Crippen LogP contribution is 2.24. The number of morpholine rings is 1. The third-order valence-electron chi connectivity index (χ3n) is 5.84. The van der Waals surface area contributed by atoms with Crippen LogP contribution in [0.4, 0.5) is 5.69 Å². The summed E-state index contributed by atoms with van der Waals surface area (Å²) < 4.78 is 32.9. The third-order valence-corrected chi connectivity index (χ3v) is 7.88. The maximum atomic E-state index is 13.1. The SMILES string of the molecule is Cc1ccc(C(=O)Nc2ccc(-c3nc4ccccc4[nH]3)cc2)cc1S(=O)(=O)N1CCOCC1. The van der Waals surface area contributed by atoms with Gasteiger partial charge in [-0.05, 0) is 61.0 Å². The number of benzene rings is 3. The van der Waals surface area contributed by atoms with E-state index in [4.69, 9.17) is 4.74 Å². The molecule has 1 fully saturated rings. The zero-order valence-corrected chi connectivity index (χ0v) is 19.4. The minimum absolute atomic E-state index is 0.141. The van der Waals surface area contributed by atoms with E-state index in [1.165, 1.54) is 10.4 Å². The highest BCUT2D eigenvalue weighted by molar-refractivity contribution is 7.89. The van der Waals surface area contributed by atoms with Crippen molar-refractivity contribution in [3.8, 4) is 11.4 Å². The van der Waals surface area contributed by atoms with Crippen molar-refractivity contribution >= 4 is 32.7 Å². The Bertz CT molecular complexity index is 1420. The molecule has 0 unspecified atom stereocenters. The predicted molar refractivity (Wildman–Crippen MR) is 130 cm³/mol. The van der Waals surface area contributed by atoms with Crippen LogP contribution in [0.15, 0.2) is 71.6 Å². The number of imidazole rings is 1. The molecule has 1 aliphatic rings. The zero-order chi connectivity index (χ0) is 23.7. The molecule has 34 heavy (non-hydrogen) atoms. The first-order valence-electron chi connectivity index (χ1n) is 11.0. The van der Waals surface area contributed by atoms with E-state index < -0.39 is 10.0 Å². The Hall–Kier alpha value is -3.53. The maximum Gasteiger partial charge on any atom is 0.255 e. The maximum absolute atomic E-state index is 13.1. The van der Waals surface area contributed by atoms with Crippen LogP contribution in [0.3, 0.4) is 0 Å². The number of nitrogens with one attached hydrogen (secondary N) is 2. The number of rotatable bonds is 5. The largest absolute Gasteiger partial charge is 0.379 e. The van der Waals surface area contributed by atoms with E-state index in [0.717, 1.165) is 22.4 Å². The van der Waals surface area contributed by atoms with Gasteiger partial charge in [-0.15, -0.1) is 0 Å². The quantitative estimate of drug-likeness (QED) is 0.456. The molecule has 174 valence electrons. The van der Waals surface area contributed by atoms with E-state index in [9.17, 15) is 13.2 Å². The monoisotopic (exact) mass is 476 g/mol. The summed E-state index contributed by atoms with van der Waals surface area (Å²) in [5.41, 5.74) is 4.21. The van der Waals surface area contributed by atoms with Crippen molar-refractivity contribution in [1.29, 1.82) is 0 Å². The molecule has 8 nitrogen and oxygen atoms in total. The second-order valence-corrected chi connectivity index (χ2v) is 10.0. The summed E-state index contributed by atoms with van der Waals surface area (Å²) in [5.74, 6) is 0.366. The Balaban J connectivity index is 1.34. The summed E-state index contributed by atoms with van der Waals surface area (Å²) in [6.45, 7) is 3.06. The fourth-order valence-electron chi connectivity index (χ4n) is 3.95. The molecule has 3 aromatic carbocycles. The Labute approximate surface area is 197 Å². The molecule has 0 saturated carbocycles. The van der Waals surface area contributed by atoms with E-state index in [1.54, 1.807) is 31.2 Å². The zero-order valence-electron chi connectivity index (χ0n) is 18.6. The van der Waals surface area contributed by atoms with E-state index in [0.29, 0.717) is 37.6 Å². The lowest BCUT2D eigenvalue weighted by atomic mass is 10.1. The first kappa shape index (κ1) is 22.3. The van der Waals surface area contributed by atoms with Gasteiger partial charge in [0.05, 0.1) is 29.1 Å². The lowest BCUT2D eigenvalue weighted by Crippen LogP contribution is -2.40. The first-order chi connectivity index (χ1) is 16.4. The van der Waals surface area contributed by atoms with Gasteiger partial charge in [-0.25, -0.2) is 13.4 Å². The van der Waals surface area contributed by atoms with Crippen LogP contribution in [-0.4, -0.2) is 54.9 Å². The van der Waals surface area contributed by atoms with Gasteiger partial charge in [0.25, 0.3) is 5.91 Å². The number of fused-ring (bicyclic) bond motifs is 1. The van der Waals surface area contributed by atoms with E-state index in [-0.39, 0.29) is 16.4 Å². The molecule has 0 radical (unpaired) electrons. The topological polar surface area (TPSA) is 104 Å². The number of anilines is 1. The van der Waals surface area contributed by atoms with Gasteiger partial charge in [0, 0.05) is 29.9 Å². The second kappa shape index (κ2) is 9.02. The number of aromatic amines is 1. The van der Waals surface area contributed by atoms with E-state index >= 15 is 0 Å². The number of H-pyrrole nitrogens is 1. The number of nitrogens with zero attached hydrogens (tertiary/aromatic N) is 2. The number of ether oxygens (including phenoxy) is 1. The number of carbonyl (C=O) groups is 1. The van der Waals surface area contributed by atoms with Crippen molar-refractivity contribution in [3.05, 3.63) is 77.9 Å². The fourth-order valence-corrected chi connectivity index (χ4v) is 5.61. The Morgan fingerprint density at radius 3 is 2.50 bits per heavy atom. The standard InChI is InChI=1S/C25H24N4O4S/c1-17-6-7-19(16-23(17)34(31,32)29-12-14-33-15-13-29)25(30)26-20-10-8-18(9-11-20)24-27-21-4-2-3-5-22(21)28-24/h2-11,16H,12-15H2,1H3,(H,26,30)(H,27,28). The minimum atomic E-state index is -3.71. The van der Waals surface area contributed by atoms with Crippen LogP contribution in [0.2, 0.25) is 0 Å². The van der Waals surface area contributed by atoms with Gasteiger partial charge in [0.2, 0.25) is 10.0 Å². The van der Waals surface area contributed by atoms with Gasteiger partial charge >= 0.3 is 0 Å². The summed E-state index contributed by atoms with van der Waals surface area (Å²) >= 11 is 0. The second-order valence-electron chi connectivity index (χ2n) is 8.13. The number of hydrogen-bond acceptors (Lipinski definition) is 5. The fraction of sp³-hybridized carbons (Fsp3) is 0.200. The van der Waals surface area contributed by atoms with Crippen LogP contribution < -0.4 is 5.32 Å². The van der Waals surface area contributed by atoms with E-state index in [1.807, 2.05) is 36.4 Å². The van der Waals surface area contributed by atoms with Crippen LogP contribution in [0, 0.1) is 6.92 Å². The van der Waals surface area contributed by atoms with E-state index in [2.05, 4.69) is 15.3 Å². The van der Waals surface area contributed by atoms with Crippen LogP contribution in [0.1, 0.15) is 15.9 Å². The number of hydrogen-bond donors (Lipinski definition) is 2. The number of amides is 1. The highest BCUT2D eigenvalue weighted by Gasteiger charge is 2.28. The van der Waals surface area contributed by atoms with Gasteiger partial charge in [-0.3, -0.25) is 4.79 Å². The molecule has 0 bridgehead atoms. The lowest BCUT2D eigenvalue weighted by Gasteiger charge is -2.26. The number of para-hydroxylation sites is 2. The molecular formula is C25H24N4O4S. The van der Waals surface area contributed by atoms with Gasteiger partial charge in [-0.1, -0.05) is 18.2 Å². The van der Waals surface area contributed by atoms with Crippen molar-refractivity contribution in [2.75, 3.05) is 31.6 Å². The van der Waals surface area contributed by atoms with Crippen molar-refractivity contribution in [3.63, 3.8) is 0 Å². The van der Waals surface area contributed by atoms with Crippen LogP contribution in [0.25, 0.3) is 22.4 Å². The average Bonchev–Trinajstić information content (AvgIpc) is 3.29. The molecule has 4 aromatic rings. The lowest BCUT2D eigenvalue weighted by molar-refractivity contribution is 0.0730. The molecular weight excluding hydrogens is 452 g/mol. The summed E-state index contributed by atoms with van der Waals surface area (Å²) in [5, 5.41) is 2.84. The summed E-state index contributed by atoms with van der Waals surface area (Å²) in [4.78, 5) is 20.9. The average molecular weight is 477 g/mol. The van der Waals surface area contributed by atoms with Crippen molar-refractivity contribution in [2.45, 2.75) is 11.8 Å². The number of aromatic nitrogens is 2. The number of sulfonamides is 1. The van der Waals surface area contributed by atoms with Crippen molar-refractivity contribution in [1.82, 2.24) is 14.3 Å². The van der Waals surface area contributed by atoms with Crippen LogP contribution in [0.5, 0.6) is 0 Å².